The second kappa shape index (κ2) is 5.75. The van der Waals surface area contributed by atoms with Gasteiger partial charge < -0.3 is 9.84 Å². The number of methoxy groups -OCH3 is 1. The zero-order valence-corrected chi connectivity index (χ0v) is 13.7. The minimum Gasteiger partial charge on any atom is -0.508 e. The van der Waals surface area contributed by atoms with Crippen LogP contribution in [0.2, 0.25) is 0 Å². The van der Waals surface area contributed by atoms with Gasteiger partial charge >= 0.3 is 5.97 Å². The maximum atomic E-state index is 12.5. The van der Waals surface area contributed by atoms with Crippen LogP contribution >= 0.6 is 0 Å². The van der Waals surface area contributed by atoms with Crippen LogP contribution in [-0.2, 0) is 20.7 Å². The summed E-state index contributed by atoms with van der Waals surface area (Å²) >= 11 is 0. The van der Waals surface area contributed by atoms with Gasteiger partial charge in [0.1, 0.15) is 11.5 Å². The fraction of sp³-hybridized carbons (Fsp3) is 0.556. The van der Waals surface area contributed by atoms with Gasteiger partial charge in [-0.1, -0.05) is 32.9 Å². The van der Waals surface area contributed by atoms with Crippen molar-refractivity contribution in [2.45, 2.75) is 40.0 Å². The molecule has 0 heterocycles. The van der Waals surface area contributed by atoms with Gasteiger partial charge in [-0.15, -0.1) is 0 Å². The maximum absolute atomic E-state index is 12.5. The molecule has 1 aromatic rings. The molecule has 0 aliphatic heterocycles. The summed E-state index contributed by atoms with van der Waals surface area (Å²) in [5, 5.41) is 9.35. The van der Waals surface area contributed by atoms with E-state index in [0.717, 1.165) is 5.56 Å². The third-order valence-corrected chi connectivity index (χ3v) is 4.22. The van der Waals surface area contributed by atoms with Crippen LogP contribution in [0.5, 0.6) is 5.75 Å². The van der Waals surface area contributed by atoms with Gasteiger partial charge in [0.15, 0.2) is 0 Å². The predicted molar refractivity (Wildman–Crippen MR) is 83.4 cm³/mol. The van der Waals surface area contributed by atoms with E-state index in [1.165, 1.54) is 7.11 Å². The predicted octanol–water partition coefficient (Wildman–Crippen LogP) is 3.12. The van der Waals surface area contributed by atoms with Crippen LogP contribution in [0.25, 0.3) is 0 Å². The van der Waals surface area contributed by atoms with Gasteiger partial charge in [-0.25, -0.2) is 0 Å². The number of carbonyl (C=O) groups is 2. The minimum absolute atomic E-state index is 0.0833. The summed E-state index contributed by atoms with van der Waals surface area (Å²) in [5.74, 6) is -0.246. The zero-order chi connectivity index (χ0) is 16.5. The first-order valence-electron chi connectivity index (χ1n) is 7.57. The van der Waals surface area contributed by atoms with Gasteiger partial charge in [0.2, 0.25) is 0 Å². The Morgan fingerprint density at radius 1 is 1.27 bits per heavy atom. The summed E-state index contributed by atoms with van der Waals surface area (Å²) in [4.78, 5) is 24.7. The quantitative estimate of drug-likeness (QED) is 0.849. The van der Waals surface area contributed by atoms with Crippen molar-refractivity contribution in [2.75, 3.05) is 7.11 Å². The number of aromatic hydroxyl groups is 1. The van der Waals surface area contributed by atoms with Crippen LogP contribution in [-0.4, -0.2) is 24.0 Å². The van der Waals surface area contributed by atoms with Crippen LogP contribution in [0.4, 0.5) is 0 Å². The lowest BCUT2D eigenvalue weighted by Crippen LogP contribution is -2.26. The van der Waals surface area contributed by atoms with E-state index in [-0.39, 0.29) is 28.8 Å². The summed E-state index contributed by atoms with van der Waals surface area (Å²) < 4.78 is 4.94. The molecule has 4 heteroatoms. The van der Waals surface area contributed by atoms with Crippen molar-refractivity contribution in [1.29, 1.82) is 0 Å². The fourth-order valence-electron chi connectivity index (χ4n) is 3.05. The van der Waals surface area contributed by atoms with Crippen LogP contribution in [0, 0.1) is 16.7 Å². The van der Waals surface area contributed by atoms with E-state index in [1.807, 2.05) is 20.8 Å². The molecule has 0 radical (unpaired) electrons. The minimum atomic E-state index is -0.728. The second-order valence-electron chi connectivity index (χ2n) is 7.45. The molecule has 120 valence electrons. The van der Waals surface area contributed by atoms with Crippen LogP contribution in [0.3, 0.4) is 0 Å². The van der Waals surface area contributed by atoms with Crippen molar-refractivity contribution in [3.05, 3.63) is 29.8 Å². The molecule has 1 aliphatic rings. The second-order valence-corrected chi connectivity index (χ2v) is 7.45. The van der Waals surface area contributed by atoms with Crippen molar-refractivity contribution in [3.8, 4) is 5.75 Å². The Morgan fingerprint density at radius 3 is 2.36 bits per heavy atom. The smallest absolute Gasteiger partial charge is 0.312 e. The summed E-state index contributed by atoms with van der Waals surface area (Å²) in [6.45, 7) is 6.06. The zero-order valence-electron chi connectivity index (χ0n) is 13.7. The molecule has 22 heavy (non-hydrogen) atoms. The van der Waals surface area contributed by atoms with E-state index in [0.29, 0.717) is 19.3 Å². The highest BCUT2D eigenvalue weighted by molar-refractivity contribution is 5.95. The first-order chi connectivity index (χ1) is 10.2. The molecule has 4 nitrogen and oxygen atoms in total. The number of hydrogen-bond acceptors (Lipinski definition) is 4. The average molecular weight is 304 g/mol. The molecule has 1 saturated carbocycles. The number of esters is 1. The van der Waals surface area contributed by atoms with Crippen LogP contribution in [0.1, 0.15) is 39.2 Å². The normalized spacial score (nSPS) is 23.9. The number of Topliss-reactive ketones (excluding diaryl/α,β-unsaturated/α-hetero) is 1. The SMILES string of the molecule is COC(=O)C1(Cc2ccc(O)cc2)CC1C(=O)CC(C)(C)C. The van der Waals surface area contributed by atoms with E-state index >= 15 is 0 Å². The fourth-order valence-corrected chi connectivity index (χ4v) is 3.05. The number of phenolic OH excluding ortho intramolecular Hbond substituents is 1. The van der Waals surface area contributed by atoms with Gasteiger partial charge in [0.05, 0.1) is 12.5 Å². The molecule has 0 saturated heterocycles. The highest BCUT2D eigenvalue weighted by Gasteiger charge is 2.63. The van der Waals surface area contributed by atoms with E-state index in [4.69, 9.17) is 4.74 Å². The topological polar surface area (TPSA) is 63.6 Å². The Labute approximate surface area is 131 Å². The molecule has 1 fully saturated rings. The number of benzene rings is 1. The molecule has 2 unspecified atom stereocenters. The van der Waals surface area contributed by atoms with Crippen molar-refractivity contribution < 1.29 is 19.4 Å². The number of hydrogen-bond donors (Lipinski definition) is 1. The Balaban J connectivity index is 2.16. The lowest BCUT2D eigenvalue weighted by atomic mass is 9.85. The number of ketones is 1. The first-order valence-corrected chi connectivity index (χ1v) is 7.57. The number of carbonyl (C=O) groups excluding carboxylic acids is 2. The largest absolute Gasteiger partial charge is 0.508 e. The molecule has 0 amide bonds. The third kappa shape index (κ3) is 3.49. The van der Waals surface area contributed by atoms with Crippen molar-refractivity contribution in [3.63, 3.8) is 0 Å². The van der Waals surface area contributed by atoms with Crippen molar-refractivity contribution >= 4 is 11.8 Å². The summed E-state index contributed by atoms with van der Waals surface area (Å²) in [6.07, 6.45) is 1.49. The summed E-state index contributed by atoms with van der Waals surface area (Å²) in [5.41, 5.74) is 0.114. The van der Waals surface area contributed by atoms with E-state index < -0.39 is 5.41 Å². The van der Waals surface area contributed by atoms with E-state index in [1.54, 1.807) is 24.3 Å². The van der Waals surface area contributed by atoms with Crippen LogP contribution < -0.4 is 0 Å². The van der Waals surface area contributed by atoms with Gasteiger partial charge in [-0.05, 0) is 36.0 Å². The Kier molecular flexibility index (Phi) is 4.32. The molecule has 0 aromatic heterocycles. The molecule has 0 spiro atoms. The van der Waals surface area contributed by atoms with E-state index in [2.05, 4.69) is 0 Å². The number of phenols is 1. The van der Waals surface area contributed by atoms with Crippen molar-refractivity contribution in [1.82, 2.24) is 0 Å². The molecule has 1 aliphatic carbocycles. The monoisotopic (exact) mass is 304 g/mol. The van der Waals surface area contributed by atoms with E-state index in [9.17, 15) is 14.7 Å². The Morgan fingerprint density at radius 2 is 1.86 bits per heavy atom. The van der Waals surface area contributed by atoms with Gasteiger partial charge in [0, 0.05) is 12.3 Å². The lowest BCUT2D eigenvalue weighted by molar-refractivity contribution is -0.149. The molecule has 2 rings (SSSR count). The molecular formula is C18H24O4. The highest BCUT2D eigenvalue weighted by Crippen LogP contribution is 2.57. The first kappa shape index (κ1) is 16.5. The Bertz CT molecular complexity index is 568. The molecule has 1 aromatic carbocycles. The number of rotatable bonds is 5. The maximum Gasteiger partial charge on any atom is 0.312 e. The van der Waals surface area contributed by atoms with Gasteiger partial charge in [-0.2, -0.15) is 0 Å². The molecule has 2 atom stereocenters. The highest BCUT2D eigenvalue weighted by atomic mass is 16.5. The molecule has 0 bridgehead atoms. The molecular weight excluding hydrogens is 280 g/mol. The number of ether oxygens (including phenoxy) is 1. The summed E-state index contributed by atoms with van der Waals surface area (Å²) in [7, 11) is 1.37. The Hall–Kier alpha value is -1.84. The average Bonchev–Trinajstić information content (AvgIpc) is 3.14. The molecule has 1 N–H and O–H groups in total. The lowest BCUT2D eigenvalue weighted by Gasteiger charge is -2.19. The van der Waals surface area contributed by atoms with Crippen molar-refractivity contribution in [2.24, 2.45) is 16.7 Å². The van der Waals surface area contributed by atoms with Gasteiger partial charge in [-0.3, -0.25) is 9.59 Å². The third-order valence-electron chi connectivity index (χ3n) is 4.22. The standard InChI is InChI=1S/C18H24O4/c1-17(2,3)11-15(20)14-10-18(14,16(21)22-4)9-12-5-7-13(19)8-6-12/h5-8,14,19H,9-11H2,1-4H3. The summed E-state index contributed by atoms with van der Waals surface area (Å²) in [6, 6.07) is 6.75. The van der Waals surface area contributed by atoms with Crippen LogP contribution in [0.15, 0.2) is 24.3 Å². The van der Waals surface area contributed by atoms with Gasteiger partial charge in [0.25, 0.3) is 0 Å².